The van der Waals surface area contributed by atoms with Crippen LogP contribution in [0.25, 0.3) is 10.8 Å². The number of ether oxygens (including phenoxy) is 2. The number of fused-ring (bicyclic) bond motifs is 2. The summed E-state index contributed by atoms with van der Waals surface area (Å²) in [6, 6.07) is 12.6. The Morgan fingerprint density at radius 1 is 1.03 bits per heavy atom. The lowest BCUT2D eigenvalue weighted by Gasteiger charge is -2.38. The lowest BCUT2D eigenvalue weighted by molar-refractivity contribution is -0.126. The number of hydrogen-bond acceptors (Lipinski definition) is 7. The predicted octanol–water partition coefficient (Wildman–Crippen LogP) is 3.71. The molecule has 0 saturated carbocycles. The molecule has 1 amide bonds. The summed E-state index contributed by atoms with van der Waals surface area (Å²) in [7, 11) is 3.21. The van der Waals surface area contributed by atoms with Gasteiger partial charge in [-0.2, -0.15) is 9.97 Å². The Kier molecular flexibility index (Phi) is 7.25. The van der Waals surface area contributed by atoms with Gasteiger partial charge in [0.25, 0.3) is 0 Å². The van der Waals surface area contributed by atoms with Crippen molar-refractivity contribution in [3.05, 3.63) is 64.8 Å². The van der Waals surface area contributed by atoms with E-state index < -0.39 is 0 Å². The van der Waals surface area contributed by atoms with Crippen molar-refractivity contribution in [1.82, 2.24) is 14.9 Å². The van der Waals surface area contributed by atoms with Crippen molar-refractivity contribution in [3.8, 4) is 6.01 Å². The molecular formula is C27H30ClN5O3. The van der Waals surface area contributed by atoms with Crippen LogP contribution in [-0.4, -0.2) is 74.3 Å². The molecule has 1 fully saturated rings. The van der Waals surface area contributed by atoms with Crippen LogP contribution in [0.4, 0.5) is 11.5 Å². The quantitative estimate of drug-likeness (QED) is 0.471. The number of nitrogens with zero attached hydrogens (tertiary/aromatic N) is 5. The van der Waals surface area contributed by atoms with Crippen LogP contribution >= 0.6 is 11.6 Å². The first kappa shape index (κ1) is 24.3. The molecule has 1 aromatic heterocycles. The molecule has 8 nitrogen and oxygen atoms in total. The van der Waals surface area contributed by atoms with Crippen molar-refractivity contribution in [2.24, 2.45) is 0 Å². The van der Waals surface area contributed by atoms with Gasteiger partial charge < -0.3 is 24.2 Å². The average molecular weight is 508 g/mol. The van der Waals surface area contributed by atoms with E-state index in [4.69, 9.17) is 31.0 Å². The summed E-state index contributed by atoms with van der Waals surface area (Å²) < 4.78 is 10.5. The maximum atomic E-state index is 12.4. The molecule has 188 valence electrons. The molecule has 2 aromatic carbocycles. The summed E-state index contributed by atoms with van der Waals surface area (Å²) >= 11 is 6.61. The Morgan fingerprint density at radius 2 is 1.81 bits per heavy atom. The zero-order chi connectivity index (χ0) is 25.1. The number of amides is 1. The Hall–Kier alpha value is -3.36. The van der Waals surface area contributed by atoms with Crippen LogP contribution in [0, 0.1) is 0 Å². The molecular weight excluding hydrogens is 478 g/mol. The molecule has 0 spiro atoms. The van der Waals surface area contributed by atoms with Crippen LogP contribution in [0.5, 0.6) is 6.01 Å². The third-order valence-corrected chi connectivity index (χ3v) is 7.11. The molecule has 2 aliphatic rings. The van der Waals surface area contributed by atoms with E-state index >= 15 is 0 Å². The molecule has 1 saturated heterocycles. The van der Waals surface area contributed by atoms with Gasteiger partial charge in [-0.25, -0.2) is 0 Å². The van der Waals surface area contributed by atoms with Gasteiger partial charge in [-0.1, -0.05) is 41.9 Å². The van der Waals surface area contributed by atoms with Crippen LogP contribution in [0.1, 0.15) is 11.3 Å². The van der Waals surface area contributed by atoms with Gasteiger partial charge in [-0.05, 0) is 23.9 Å². The molecule has 5 rings (SSSR count). The Morgan fingerprint density at radius 3 is 2.56 bits per heavy atom. The second-order valence-electron chi connectivity index (χ2n) is 8.92. The van der Waals surface area contributed by atoms with Gasteiger partial charge in [0.1, 0.15) is 5.82 Å². The molecule has 0 bridgehead atoms. The van der Waals surface area contributed by atoms with Crippen LogP contribution in [-0.2, 0) is 22.5 Å². The topological polar surface area (TPSA) is 71.0 Å². The first-order valence-corrected chi connectivity index (χ1v) is 12.5. The first-order chi connectivity index (χ1) is 17.6. The van der Waals surface area contributed by atoms with Crippen LogP contribution in [0.3, 0.4) is 0 Å². The minimum absolute atomic E-state index is 0.0124. The zero-order valence-electron chi connectivity index (χ0n) is 20.6. The van der Waals surface area contributed by atoms with Crippen molar-refractivity contribution in [1.29, 1.82) is 0 Å². The minimum Gasteiger partial charge on any atom is -0.467 e. The number of rotatable bonds is 6. The Labute approximate surface area is 216 Å². The van der Waals surface area contributed by atoms with Crippen molar-refractivity contribution in [2.75, 3.05) is 63.4 Å². The summed E-state index contributed by atoms with van der Waals surface area (Å²) in [6.07, 6.45) is 4.15. The fourth-order valence-corrected chi connectivity index (χ4v) is 5.25. The predicted molar refractivity (Wildman–Crippen MR) is 142 cm³/mol. The highest BCUT2D eigenvalue weighted by Crippen LogP contribution is 2.37. The van der Waals surface area contributed by atoms with Crippen LogP contribution in [0.15, 0.2) is 48.6 Å². The minimum atomic E-state index is 0.0124. The summed E-state index contributed by atoms with van der Waals surface area (Å²) in [4.78, 5) is 28.3. The van der Waals surface area contributed by atoms with Crippen molar-refractivity contribution in [3.63, 3.8) is 0 Å². The van der Waals surface area contributed by atoms with E-state index in [2.05, 4.69) is 34.1 Å². The smallest absolute Gasteiger partial charge is 0.318 e. The molecule has 36 heavy (non-hydrogen) atoms. The standard InChI is InChI=1S/C27H30ClN5O3/c1-35-17-5-10-24(34)31-13-15-32(16-14-31)26-20-11-12-33(18-22(20)29-27(30-26)36-2)23-9-4-7-19-6-3-8-21(28)25(19)23/h3-10H,11-18H2,1-2H3/b10-5+. The normalized spacial score (nSPS) is 16.0. The number of benzene rings is 2. The summed E-state index contributed by atoms with van der Waals surface area (Å²) in [6.45, 7) is 4.60. The van der Waals surface area contributed by atoms with E-state index in [0.717, 1.165) is 51.5 Å². The van der Waals surface area contributed by atoms with E-state index in [1.807, 2.05) is 17.0 Å². The number of methoxy groups -OCH3 is 2. The van der Waals surface area contributed by atoms with E-state index in [-0.39, 0.29) is 5.91 Å². The molecule has 0 aliphatic carbocycles. The highest BCUT2D eigenvalue weighted by Gasteiger charge is 2.29. The Balaban J connectivity index is 1.38. The van der Waals surface area contributed by atoms with E-state index in [1.165, 1.54) is 0 Å². The first-order valence-electron chi connectivity index (χ1n) is 12.1. The van der Waals surface area contributed by atoms with Gasteiger partial charge in [0, 0.05) is 62.5 Å². The molecule has 9 heteroatoms. The largest absolute Gasteiger partial charge is 0.467 e. The van der Waals surface area contributed by atoms with Crippen LogP contribution < -0.4 is 14.5 Å². The van der Waals surface area contributed by atoms with E-state index in [0.29, 0.717) is 45.3 Å². The van der Waals surface area contributed by atoms with E-state index in [1.54, 1.807) is 26.4 Å². The average Bonchev–Trinajstić information content (AvgIpc) is 2.92. The maximum absolute atomic E-state index is 12.4. The van der Waals surface area contributed by atoms with Gasteiger partial charge in [0.2, 0.25) is 5.91 Å². The molecule has 0 radical (unpaired) electrons. The fraction of sp³-hybridized carbons (Fsp3) is 0.370. The van der Waals surface area contributed by atoms with E-state index in [9.17, 15) is 4.79 Å². The number of carbonyl (C=O) groups is 1. The molecule has 0 N–H and O–H groups in total. The lowest BCUT2D eigenvalue weighted by Crippen LogP contribution is -2.49. The van der Waals surface area contributed by atoms with Crippen molar-refractivity contribution < 1.29 is 14.3 Å². The van der Waals surface area contributed by atoms with Gasteiger partial charge in [0.05, 0.1) is 31.0 Å². The molecule has 2 aliphatic heterocycles. The third-order valence-electron chi connectivity index (χ3n) is 6.79. The summed E-state index contributed by atoms with van der Waals surface area (Å²) in [5.41, 5.74) is 3.22. The molecule has 0 unspecified atom stereocenters. The summed E-state index contributed by atoms with van der Waals surface area (Å²) in [5.74, 6) is 0.924. The number of carbonyl (C=O) groups excluding carboxylic acids is 1. The van der Waals surface area contributed by atoms with Gasteiger partial charge >= 0.3 is 6.01 Å². The second-order valence-corrected chi connectivity index (χ2v) is 9.32. The molecule has 3 aromatic rings. The van der Waals surface area contributed by atoms with Gasteiger partial charge in [0.15, 0.2) is 0 Å². The maximum Gasteiger partial charge on any atom is 0.318 e. The number of piperazine rings is 1. The highest BCUT2D eigenvalue weighted by atomic mass is 35.5. The monoisotopic (exact) mass is 507 g/mol. The third kappa shape index (κ3) is 4.83. The van der Waals surface area contributed by atoms with Crippen LogP contribution in [0.2, 0.25) is 5.02 Å². The number of halogens is 1. The Bertz CT molecular complexity index is 1280. The molecule has 0 atom stereocenters. The SMILES string of the molecule is COC/C=C/C(=O)N1CCN(c2nc(OC)nc3c2CCN(c2cccc4cccc(Cl)c24)C3)CC1. The highest BCUT2D eigenvalue weighted by molar-refractivity contribution is 6.36. The lowest BCUT2D eigenvalue weighted by atomic mass is 10.0. The second kappa shape index (κ2) is 10.7. The number of anilines is 2. The number of hydrogen-bond donors (Lipinski definition) is 0. The number of aromatic nitrogens is 2. The fourth-order valence-electron chi connectivity index (χ4n) is 4.98. The molecule has 3 heterocycles. The van der Waals surface area contributed by atoms with Crippen molar-refractivity contribution >= 4 is 39.8 Å². The summed E-state index contributed by atoms with van der Waals surface area (Å²) in [5, 5.41) is 2.93. The van der Waals surface area contributed by atoms with Gasteiger partial charge in [-0.3, -0.25) is 4.79 Å². The van der Waals surface area contributed by atoms with Gasteiger partial charge in [-0.15, -0.1) is 0 Å². The zero-order valence-corrected chi connectivity index (χ0v) is 21.4. The van der Waals surface area contributed by atoms with Crippen molar-refractivity contribution in [2.45, 2.75) is 13.0 Å².